The zero-order chi connectivity index (χ0) is 3.58. The zero-order valence-corrected chi connectivity index (χ0v) is 4.30. The van der Waals surface area contributed by atoms with Crippen molar-refractivity contribution in [1.29, 1.82) is 0 Å². The Labute approximate surface area is 42.5 Å². The van der Waals surface area contributed by atoms with E-state index in [4.69, 9.17) is 0 Å². The summed E-state index contributed by atoms with van der Waals surface area (Å²) in [7, 11) is 0. The summed E-state index contributed by atoms with van der Waals surface area (Å²) in [6.45, 7) is 4.42. The monoisotopic (exact) mass is 109 g/mol. The molecule has 0 N–H and O–H groups in total. The molecule has 5 heavy (non-hydrogen) atoms. The van der Waals surface area contributed by atoms with Gasteiger partial charge in [-0.25, -0.2) is 0 Å². The van der Waals surface area contributed by atoms with Crippen LogP contribution in [0.2, 0.25) is 0 Å². The number of rotatable bonds is 0. The average Bonchev–Trinajstić information content (AvgIpc) is 0.811. The Hall–Kier alpha value is 0.202. The second-order valence-corrected chi connectivity index (χ2v) is 0.702. The molecule has 0 aromatic rings. The third-order valence-corrected chi connectivity index (χ3v) is 0. The van der Waals surface area contributed by atoms with Crippen LogP contribution in [0.4, 0.5) is 0 Å². The fraction of sp³-hybridized carbons (Fsp3) is 0.333. The zero-order valence-electron chi connectivity index (χ0n) is 3.02. The van der Waals surface area contributed by atoms with Gasteiger partial charge < -0.3 is 4.79 Å². The number of hydrogen-bond acceptors (Lipinski definition) is 1. The first-order valence-electron chi connectivity index (χ1n) is 1.06. The molecule has 0 unspecified atom stereocenters. The molecule has 1 radical (unpaired) electrons. The van der Waals surface area contributed by atoms with Gasteiger partial charge in [0.05, 0.1) is 0 Å². The standard InChI is InChI=1S/C3H5O.Cr/c1-3(2)4;/h1H2,2H3;. The largest absolute Gasteiger partial charge is 0.300 e. The van der Waals surface area contributed by atoms with Crippen LogP contribution in [-0.2, 0) is 22.2 Å². The van der Waals surface area contributed by atoms with Crippen molar-refractivity contribution >= 4 is 5.78 Å². The van der Waals surface area contributed by atoms with Crippen molar-refractivity contribution in [2.75, 3.05) is 0 Å². The van der Waals surface area contributed by atoms with E-state index in [1.54, 1.807) is 0 Å². The van der Waals surface area contributed by atoms with Crippen molar-refractivity contribution in [2.24, 2.45) is 0 Å². The van der Waals surface area contributed by atoms with Crippen molar-refractivity contribution in [3.63, 3.8) is 0 Å². The predicted octanol–water partition coefficient (Wildman–Crippen LogP) is 0.407. The van der Waals surface area contributed by atoms with Crippen LogP contribution in [0, 0.1) is 6.92 Å². The first kappa shape index (κ1) is 8.96. The second-order valence-electron chi connectivity index (χ2n) is 0.702. The van der Waals surface area contributed by atoms with Gasteiger partial charge in [0.1, 0.15) is 5.78 Å². The summed E-state index contributed by atoms with van der Waals surface area (Å²) in [5, 5.41) is 0. The van der Waals surface area contributed by atoms with Gasteiger partial charge in [-0.3, -0.25) is 0 Å². The smallest absolute Gasteiger partial charge is 0.130 e. The molecule has 0 fully saturated rings. The van der Waals surface area contributed by atoms with Gasteiger partial charge in [0.25, 0.3) is 0 Å². The van der Waals surface area contributed by atoms with Gasteiger partial charge in [-0.15, -0.1) is 0 Å². The Bertz CT molecular complexity index is 29.9. The molecule has 0 aromatic heterocycles. The quantitative estimate of drug-likeness (QED) is 0.440. The normalized spacial score (nSPS) is 5.20. The summed E-state index contributed by atoms with van der Waals surface area (Å²) in [6.07, 6.45) is 0. The van der Waals surface area contributed by atoms with E-state index in [1.807, 2.05) is 0 Å². The number of ketones is 1. The summed E-state index contributed by atoms with van der Waals surface area (Å²) < 4.78 is 0. The topological polar surface area (TPSA) is 17.1 Å². The van der Waals surface area contributed by atoms with Gasteiger partial charge in [-0.1, -0.05) is 0 Å². The van der Waals surface area contributed by atoms with Gasteiger partial charge >= 0.3 is 0 Å². The van der Waals surface area contributed by atoms with Gasteiger partial charge in [-0.2, -0.15) is 0 Å². The van der Waals surface area contributed by atoms with Crippen LogP contribution in [0.1, 0.15) is 6.92 Å². The average molecular weight is 109 g/mol. The number of carbonyl (C=O) groups excluding carboxylic acids is 1. The van der Waals surface area contributed by atoms with Gasteiger partial charge in [0.15, 0.2) is 0 Å². The molecule has 2 heteroatoms. The Morgan fingerprint density at radius 2 is 1.80 bits per heavy atom. The van der Waals surface area contributed by atoms with E-state index in [1.165, 1.54) is 6.92 Å². The van der Waals surface area contributed by atoms with Crippen LogP contribution in [0.25, 0.3) is 0 Å². The van der Waals surface area contributed by atoms with Crippen LogP contribution in [0.15, 0.2) is 0 Å². The van der Waals surface area contributed by atoms with Gasteiger partial charge in [-0.05, 0) is 6.92 Å². The summed E-state index contributed by atoms with van der Waals surface area (Å²) >= 11 is 0. The third kappa shape index (κ3) is 497. The van der Waals surface area contributed by atoms with Crippen LogP contribution >= 0.6 is 0 Å². The maximum atomic E-state index is 9.33. The molecule has 0 atom stereocenters. The van der Waals surface area contributed by atoms with Crippen LogP contribution in [0.3, 0.4) is 0 Å². The molecule has 0 aliphatic carbocycles. The number of carbonyl (C=O) groups is 1. The van der Waals surface area contributed by atoms with E-state index in [-0.39, 0.29) is 23.1 Å². The second kappa shape index (κ2) is 4.20. The fourth-order valence-electron chi connectivity index (χ4n) is 0. The van der Waals surface area contributed by atoms with Crippen LogP contribution < -0.4 is 0 Å². The maximum absolute atomic E-state index is 9.33. The number of hydrogen-bond donors (Lipinski definition) is 0. The summed E-state index contributed by atoms with van der Waals surface area (Å²) in [5.74, 6) is -0.0833. The Morgan fingerprint density at radius 1 is 1.80 bits per heavy atom. The molecule has 0 amide bonds. The first-order valence-corrected chi connectivity index (χ1v) is 1.06. The fourth-order valence-corrected chi connectivity index (χ4v) is 0. The summed E-state index contributed by atoms with van der Waals surface area (Å²) in [6, 6.07) is 0. The molecule has 29 valence electrons. The minimum Gasteiger partial charge on any atom is -0.300 e. The molecule has 0 aliphatic rings. The van der Waals surface area contributed by atoms with Crippen molar-refractivity contribution in [2.45, 2.75) is 6.92 Å². The molecule has 0 saturated carbocycles. The molecule has 0 rings (SSSR count). The summed E-state index contributed by atoms with van der Waals surface area (Å²) in [5.41, 5.74) is 0. The van der Waals surface area contributed by atoms with Crippen molar-refractivity contribution in [1.82, 2.24) is 0 Å². The van der Waals surface area contributed by atoms with E-state index < -0.39 is 0 Å². The minimum atomic E-state index is -0.0833. The maximum Gasteiger partial charge on any atom is 0.130 e. The Balaban J connectivity index is 0. The van der Waals surface area contributed by atoms with Crippen molar-refractivity contribution in [3.8, 4) is 0 Å². The molecular formula is C3H5CrO. The van der Waals surface area contributed by atoms with E-state index in [2.05, 4.69) is 6.92 Å². The van der Waals surface area contributed by atoms with Crippen molar-refractivity contribution in [3.05, 3.63) is 6.92 Å². The predicted molar refractivity (Wildman–Crippen MR) is 16.0 cm³/mol. The van der Waals surface area contributed by atoms with Gasteiger partial charge in [0, 0.05) is 24.3 Å². The van der Waals surface area contributed by atoms with E-state index in [0.29, 0.717) is 0 Å². The SMILES string of the molecule is [CH2]C(C)=O.[Cr]. The Kier molecular flexibility index (Phi) is 7.53. The van der Waals surface area contributed by atoms with E-state index in [0.717, 1.165) is 0 Å². The first-order chi connectivity index (χ1) is 1.73. The van der Waals surface area contributed by atoms with E-state index in [9.17, 15) is 4.79 Å². The summed E-state index contributed by atoms with van der Waals surface area (Å²) in [4.78, 5) is 9.33. The molecule has 0 bridgehead atoms. The molecule has 0 aromatic carbocycles. The Morgan fingerprint density at radius 3 is 1.80 bits per heavy atom. The minimum absolute atomic E-state index is 0. The molecule has 0 heterocycles. The van der Waals surface area contributed by atoms with Crippen LogP contribution in [-0.4, -0.2) is 5.78 Å². The molecule has 1 nitrogen and oxygen atoms in total. The molecule has 0 spiro atoms. The van der Waals surface area contributed by atoms with Crippen molar-refractivity contribution < 1.29 is 22.2 Å². The van der Waals surface area contributed by atoms with E-state index >= 15 is 0 Å². The molecule has 0 saturated heterocycles. The molecule has 0 aliphatic heterocycles. The van der Waals surface area contributed by atoms with Crippen LogP contribution in [0.5, 0.6) is 0 Å². The third-order valence-electron chi connectivity index (χ3n) is 0. The van der Waals surface area contributed by atoms with Gasteiger partial charge in [0.2, 0.25) is 0 Å². The number of Topliss-reactive ketones (excluding diaryl/α,β-unsaturated/α-hetero) is 1. The molecular weight excluding hydrogens is 104 g/mol.